The summed E-state index contributed by atoms with van der Waals surface area (Å²) in [5.74, 6) is -0.975. The van der Waals surface area contributed by atoms with Crippen LogP contribution in [0, 0.1) is 0 Å². The minimum atomic E-state index is -0.614. The molecule has 1 aromatic rings. The molecule has 0 aliphatic heterocycles. The molecule has 0 atom stereocenters. The van der Waals surface area contributed by atoms with Crippen molar-refractivity contribution in [1.29, 1.82) is 0 Å². The average Bonchev–Trinajstić information content (AvgIpc) is 2.36. The standard InChI is InChI=1S/C14H16BrNO3/c1-4-19-14(18)11(9-16(2)3)13(17)10-7-5-6-8-12(10)15/h5-9H,4H2,1-3H3/b11-9-. The van der Waals surface area contributed by atoms with E-state index < -0.39 is 5.97 Å². The fourth-order valence-electron chi connectivity index (χ4n) is 1.46. The third-order valence-electron chi connectivity index (χ3n) is 2.25. The van der Waals surface area contributed by atoms with E-state index in [9.17, 15) is 9.59 Å². The first-order chi connectivity index (χ1) is 8.97. The molecule has 0 aromatic heterocycles. The van der Waals surface area contributed by atoms with Gasteiger partial charge in [-0.3, -0.25) is 4.79 Å². The van der Waals surface area contributed by atoms with Gasteiger partial charge in [0.1, 0.15) is 5.57 Å². The Morgan fingerprint density at radius 3 is 2.47 bits per heavy atom. The van der Waals surface area contributed by atoms with Crippen molar-refractivity contribution in [2.75, 3.05) is 20.7 Å². The summed E-state index contributed by atoms with van der Waals surface area (Å²) in [6, 6.07) is 6.97. The molecule has 0 aliphatic rings. The molecule has 4 nitrogen and oxygen atoms in total. The molecular weight excluding hydrogens is 310 g/mol. The number of hydrogen-bond acceptors (Lipinski definition) is 4. The minimum absolute atomic E-state index is 0.0127. The largest absolute Gasteiger partial charge is 0.462 e. The SMILES string of the molecule is CCOC(=O)/C(=C\N(C)C)C(=O)c1ccccc1Br. The number of esters is 1. The van der Waals surface area contributed by atoms with Crippen molar-refractivity contribution in [3.8, 4) is 0 Å². The monoisotopic (exact) mass is 325 g/mol. The molecule has 0 heterocycles. The summed E-state index contributed by atoms with van der Waals surface area (Å²) in [4.78, 5) is 25.9. The Morgan fingerprint density at radius 2 is 1.95 bits per heavy atom. The molecule has 0 saturated heterocycles. The van der Waals surface area contributed by atoms with E-state index in [-0.39, 0.29) is 18.0 Å². The Balaban J connectivity index is 3.16. The van der Waals surface area contributed by atoms with Gasteiger partial charge in [-0.15, -0.1) is 0 Å². The highest BCUT2D eigenvalue weighted by Gasteiger charge is 2.23. The fraction of sp³-hybridized carbons (Fsp3) is 0.286. The summed E-state index contributed by atoms with van der Waals surface area (Å²) in [5, 5.41) is 0. The second-order valence-corrected chi connectivity index (χ2v) is 4.89. The lowest BCUT2D eigenvalue weighted by atomic mass is 10.0. The Kier molecular flexibility index (Phi) is 5.76. The van der Waals surface area contributed by atoms with Gasteiger partial charge in [-0.25, -0.2) is 4.79 Å². The van der Waals surface area contributed by atoms with Crippen LogP contribution in [0.15, 0.2) is 40.5 Å². The summed E-state index contributed by atoms with van der Waals surface area (Å²) in [7, 11) is 3.49. The first-order valence-corrected chi connectivity index (χ1v) is 6.61. The number of ether oxygens (including phenoxy) is 1. The third-order valence-corrected chi connectivity index (χ3v) is 2.94. The molecule has 0 bridgehead atoms. The Morgan fingerprint density at radius 1 is 1.32 bits per heavy atom. The number of hydrogen-bond donors (Lipinski definition) is 0. The van der Waals surface area contributed by atoms with Gasteiger partial charge in [0.25, 0.3) is 0 Å². The number of rotatable bonds is 5. The maximum atomic E-state index is 12.4. The first-order valence-electron chi connectivity index (χ1n) is 5.82. The lowest BCUT2D eigenvalue weighted by Gasteiger charge is -2.11. The van der Waals surface area contributed by atoms with Gasteiger partial charge in [-0.2, -0.15) is 0 Å². The van der Waals surface area contributed by atoms with Gasteiger partial charge in [0.15, 0.2) is 0 Å². The van der Waals surface area contributed by atoms with Gasteiger partial charge in [0, 0.05) is 30.3 Å². The van der Waals surface area contributed by atoms with Crippen LogP contribution in [0.25, 0.3) is 0 Å². The number of benzene rings is 1. The zero-order valence-electron chi connectivity index (χ0n) is 11.1. The van der Waals surface area contributed by atoms with Gasteiger partial charge >= 0.3 is 5.97 Å². The lowest BCUT2D eigenvalue weighted by molar-refractivity contribution is -0.138. The first kappa shape index (κ1) is 15.4. The van der Waals surface area contributed by atoms with E-state index in [4.69, 9.17) is 4.74 Å². The van der Waals surface area contributed by atoms with Crippen molar-refractivity contribution < 1.29 is 14.3 Å². The molecular formula is C14H16BrNO3. The van der Waals surface area contributed by atoms with Crippen molar-refractivity contribution in [1.82, 2.24) is 4.90 Å². The van der Waals surface area contributed by atoms with Gasteiger partial charge < -0.3 is 9.64 Å². The highest BCUT2D eigenvalue weighted by atomic mass is 79.9. The average molecular weight is 326 g/mol. The van der Waals surface area contributed by atoms with Gasteiger partial charge in [-0.05, 0) is 19.1 Å². The predicted octanol–water partition coefficient (Wildman–Crippen LogP) is 2.64. The van der Waals surface area contributed by atoms with Crippen molar-refractivity contribution in [2.45, 2.75) is 6.92 Å². The smallest absolute Gasteiger partial charge is 0.343 e. The van der Waals surface area contributed by atoms with Crippen molar-refractivity contribution in [2.24, 2.45) is 0 Å². The van der Waals surface area contributed by atoms with Crippen LogP contribution in [0.2, 0.25) is 0 Å². The normalized spacial score (nSPS) is 11.1. The van der Waals surface area contributed by atoms with Crippen LogP contribution < -0.4 is 0 Å². The van der Waals surface area contributed by atoms with E-state index in [2.05, 4.69) is 15.9 Å². The molecule has 0 amide bonds. The predicted molar refractivity (Wildman–Crippen MR) is 76.9 cm³/mol. The Hall–Kier alpha value is -1.62. The summed E-state index contributed by atoms with van der Waals surface area (Å²) in [5.41, 5.74) is 0.447. The molecule has 0 saturated carbocycles. The maximum Gasteiger partial charge on any atom is 0.343 e. The number of nitrogens with zero attached hydrogens (tertiary/aromatic N) is 1. The molecule has 0 N–H and O–H groups in total. The number of halogens is 1. The van der Waals surface area contributed by atoms with Crippen LogP contribution in [0.3, 0.4) is 0 Å². The van der Waals surface area contributed by atoms with E-state index in [1.165, 1.54) is 6.20 Å². The summed E-state index contributed by atoms with van der Waals surface area (Å²) < 4.78 is 5.56. The topological polar surface area (TPSA) is 46.6 Å². The quantitative estimate of drug-likeness (QED) is 0.274. The van der Waals surface area contributed by atoms with E-state index in [0.717, 1.165) is 0 Å². The van der Waals surface area contributed by atoms with Gasteiger partial charge in [-0.1, -0.05) is 28.1 Å². The summed E-state index contributed by atoms with van der Waals surface area (Å²) in [6.45, 7) is 1.93. The van der Waals surface area contributed by atoms with Crippen LogP contribution >= 0.6 is 15.9 Å². The molecule has 19 heavy (non-hydrogen) atoms. The van der Waals surface area contributed by atoms with E-state index in [1.54, 1.807) is 50.2 Å². The lowest BCUT2D eigenvalue weighted by Crippen LogP contribution is -2.19. The Bertz CT molecular complexity index is 509. The molecule has 1 rings (SSSR count). The molecule has 0 unspecified atom stereocenters. The van der Waals surface area contributed by atoms with E-state index in [1.807, 2.05) is 0 Å². The maximum absolute atomic E-state index is 12.4. The summed E-state index contributed by atoms with van der Waals surface area (Å²) in [6.07, 6.45) is 1.47. The highest BCUT2D eigenvalue weighted by Crippen LogP contribution is 2.20. The zero-order valence-corrected chi connectivity index (χ0v) is 12.7. The summed E-state index contributed by atoms with van der Waals surface area (Å²) >= 11 is 3.31. The van der Waals surface area contributed by atoms with Crippen LogP contribution in [-0.4, -0.2) is 37.4 Å². The van der Waals surface area contributed by atoms with Gasteiger partial charge in [0.05, 0.1) is 6.61 Å². The third kappa shape index (κ3) is 4.21. The molecule has 0 spiro atoms. The fourth-order valence-corrected chi connectivity index (χ4v) is 1.93. The number of ketones is 1. The second kappa shape index (κ2) is 7.09. The van der Waals surface area contributed by atoms with Gasteiger partial charge in [0.2, 0.25) is 5.78 Å². The minimum Gasteiger partial charge on any atom is -0.462 e. The Labute approximate surface area is 121 Å². The molecule has 5 heteroatoms. The number of carbonyl (C=O) groups is 2. The van der Waals surface area contributed by atoms with Crippen molar-refractivity contribution >= 4 is 27.7 Å². The van der Waals surface area contributed by atoms with E-state index in [0.29, 0.717) is 10.0 Å². The van der Waals surface area contributed by atoms with Crippen molar-refractivity contribution in [3.63, 3.8) is 0 Å². The van der Waals surface area contributed by atoms with Crippen molar-refractivity contribution in [3.05, 3.63) is 46.1 Å². The van der Waals surface area contributed by atoms with Crippen LogP contribution in [-0.2, 0) is 9.53 Å². The zero-order chi connectivity index (χ0) is 14.4. The number of carbonyl (C=O) groups excluding carboxylic acids is 2. The molecule has 102 valence electrons. The molecule has 0 radical (unpaired) electrons. The van der Waals surface area contributed by atoms with E-state index >= 15 is 0 Å². The van der Waals surface area contributed by atoms with Crippen LogP contribution in [0.4, 0.5) is 0 Å². The van der Waals surface area contributed by atoms with Crippen LogP contribution in [0.1, 0.15) is 17.3 Å². The second-order valence-electron chi connectivity index (χ2n) is 4.04. The van der Waals surface area contributed by atoms with Crippen LogP contribution in [0.5, 0.6) is 0 Å². The number of Topliss-reactive ketones (excluding diaryl/α,β-unsaturated/α-hetero) is 1. The highest BCUT2D eigenvalue weighted by molar-refractivity contribution is 9.10. The molecule has 0 aliphatic carbocycles. The molecule has 1 aromatic carbocycles. The molecule has 0 fully saturated rings.